The first-order chi connectivity index (χ1) is 10.3. The molecule has 0 saturated heterocycles. The van der Waals surface area contributed by atoms with Crippen molar-refractivity contribution in [3.8, 4) is 11.1 Å². The van der Waals surface area contributed by atoms with E-state index in [-0.39, 0.29) is 17.0 Å². The van der Waals surface area contributed by atoms with Gasteiger partial charge in [-0.25, -0.2) is 4.79 Å². The minimum atomic E-state index is -1.01. The zero-order valence-corrected chi connectivity index (χ0v) is 12.9. The van der Waals surface area contributed by atoms with Crippen molar-refractivity contribution in [2.45, 2.75) is 26.3 Å². The third kappa shape index (κ3) is 3.52. The molecule has 2 N–H and O–H groups in total. The van der Waals surface area contributed by atoms with Crippen LogP contribution in [0.1, 0.15) is 41.5 Å². The van der Waals surface area contributed by atoms with E-state index in [9.17, 15) is 14.7 Å². The predicted molar refractivity (Wildman–Crippen MR) is 86.1 cm³/mol. The number of amides is 1. The fourth-order valence-electron chi connectivity index (χ4n) is 2.23. The predicted octanol–water partition coefficient (Wildman–Crippen LogP) is 3.58. The van der Waals surface area contributed by atoms with Crippen molar-refractivity contribution in [1.82, 2.24) is 5.32 Å². The molecule has 0 bridgehead atoms. The molecule has 0 spiro atoms. The Balaban J connectivity index is 2.55. The Morgan fingerprint density at radius 2 is 1.32 bits per heavy atom. The van der Waals surface area contributed by atoms with Gasteiger partial charge in [0.2, 0.25) is 0 Å². The largest absolute Gasteiger partial charge is 0.478 e. The van der Waals surface area contributed by atoms with Crippen molar-refractivity contribution >= 4 is 11.9 Å². The summed E-state index contributed by atoms with van der Waals surface area (Å²) in [6.07, 6.45) is 0. The van der Waals surface area contributed by atoms with Crippen molar-refractivity contribution < 1.29 is 14.7 Å². The molecule has 0 aromatic heterocycles. The van der Waals surface area contributed by atoms with Gasteiger partial charge in [-0.15, -0.1) is 0 Å². The number of rotatable bonds is 3. The third-order valence-electron chi connectivity index (χ3n) is 3.11. The summed E-state index contributed by atoms with van der Waals surface area (Å²) in [5.41, 5.74) is 1.43. The fourth-order valence-corrected chi connectivity index (χ4v) is 2.23. The van der Waals surface area contributed by atoms with Gasteiger partial charge in [-0.05, 0) is 44.0 Å². The van der Waals surface area contributed by atoms with E-state index in [1.165, 1.54) is 6.07 Å². The van der Waals surface area contributed by atoms with E-state index in [2.05, 4.69) is 5.32 Å². The molecule has 0 aliphatic carbocycles. The molecule has 0 atom stereocenters. The quantitative estimate of drug-likeness (QED) is 0.910. The Hall–Kier alpha value is -2.62. The average Bonchev–Trinajstić information content (AvgIpc) is 2.45. The van der Waals surface area contributed by atoms with Crippen LogP contribution in [0, 0.1) is 0 Å². The van der Waals surface area contributed by atoms with Gasteiger partial charge in [0, 0.05) is 11.1 Å². The highest BCUT2D eigenvalue weighted by molar-refractivity contribution is 6.04. The summed E-state index contributed by atoms with van der Waals surface area (Å²) in [5, 5.41) is 12.3. The Kier molecular flexibility index (Phi) is 4.31. The van der Waals surface area contributed by atoms with Gasteiger partial charge in [0.15, 0.2) is 0 Å². The van der Waals surface area contributed by atoms with Crippen molar-refractivity contribution in [2.75, 3.05) is 0 Å². The summed E-state index contributed by atoms with van der Waals surface area (Å²) in [7, 11) is 0. The minimum Gasteiger partial charge on any atom is -0.478 e. The van der Waals surface area contributed by atoms with Crippen molar-refractivity contribution in [1.29, 1.82) is 0 Å². The highest BCUT2D eigenvalue weighted by atomic mass is 16.4. The van der Waals surface area contributed by atoms with E-state index in [1.807, 2.05) is 20.8 Å². The second-order valence-corrected chi connectivity index (χ2v) is 6.10. The van der Waals surface area contributed by atoms with Crippen LogP contribution in [0.3, 0.4) is 0 Å². The molecule has 2 rings (SSSR count). The van der Waals surface area contributed by atoms with Gasteiger partial charge >= 0.3 is 5.97 Å². The van der Waals surface area contributed by atoms with Gasteiger partial charge in [0.25, 0.3) is 5.91 Å². The molecule has 0 aliphatic rings. The molecule has 114 valence electrons. The monoisotopic (exact) mass is 297 g/mol. The van der Waals surface area contributed by atoms with Crippen molar-refractivity contribution in [3.63, 3.8) is 0 Å². The first-order valence-electron chi connectivity index (χ1n) is 7.04. The van der Waals surface area contributed by atoms with Crippen LogP contribution in [-0.4, -0.2) is 22.5 Å². The van der Waals surface area contributed by atoms with Gasteiger partial charge in [-0.1, -0.05) is 36.4 Å². The summed E-state index contributed by atoms with van der Waals surface area (Å²) in [4.78, 5) is 23.9. The summed E-state index contributed by atoms with van der Waals surface area (Å²) in [6, 6.07) is 13.7. The van der Waals surface area contributed by atoms with E-state index in [4.69, 9.17) is 0 Å². The fraction of sp³-hybridized carbons (Fsp3) is 0.222. The summed E-state index contributed by atoms with van der Waals surface area (Å²) < 4.78 is 0. The summed E-state index contributed by atoms with van der Waals surface area (Å²) in [6.45, 7) is 5.70. The van der Waals surface area contributed by atoms with E-state index in [0.29, 0.717) is 16.7 Å². The second-order valence-electron chi connectivity index (χ2n) is 6.10. The molecule has 4 heteroatoms. The molecular weight excluding hydrogens is 278 g/mol. The maximum atomic E-state index is 12.5. The molecule has 4 nitrogen and oxygen atoms in total. The van der Waals surface area contributed by atoms with Crippen LogP contribution in [0.5, 0.6) is 0 Å². The maximum absolute atomic E-state index is 12.5. The van der Waals surface area contributed by atoms with E-state index < -0.39 is 5.97 Å². The van der Waals surface area contributed by atoms with Crippen LogP contribution in [-0.2, 0) is 0 Å². The number of aromatic carboxylic acids is 1. The Bertz CT molecular complexity index is 714. The lowest BCUT2D eigenvalue weighted by Gasteiger charge is -2.21. The Morgan fingerprint density at radius 3 is 1.82 bits per heavy atom. The van der Waals surface area contributed by atoms with Gasteiger partial charge in [0.1, 0.15) is 0 Å². The number of benzene rings is 2. The molecule has 0 radical (unpaired) electrons. The number of carbonyl (C=O) groups is 2. The molecule has 0 fully saturated rings. The number of carboxylic acid groups (broad SMARTS) is 1. The van der Waals surface area contributed by atoms with Crippen LogP contribution >= 0.6 is 0 Å². The van der Waals surface area contributed by atoms with Crippen molar-refractivity contribution in [2.24, 2.45) is 0 Å². The van der Waals surface area contributed by atoms with Gasteiger partial charge in [-0.3, -0.25) is 4.79 Å². The Labute approximate surface area is 129 Å². The van der Waals surface area contributed by atoms with Crippen LogP contribution in [0.2, 0.25) is 0 Å². The Morgan fingerprint density at radius 1 is 0.864 bits per heavy atom. The van der Waals surface area contributed by atoms with E-state index >= 15 is 0 Å². The lowest BCUT2D eigenvalue weighted by molar-refractivity contribution is 0.0697. The number of carboxylic acids is 1. The van der Waals surface area contributed by atoms with Crippen LogP contribution in [0.25, 0.3) is 11.1 Å². The molecule has 0 unspecified atom stereocenters. The van der Waals surface area contributed by atoms with Crippen LogP contribution in [0.4, 0.5) is 0 Å². The van der Waals surface area contributed by atoms with Gasteiger partial charge in [0.05, 0.1) is 5.56 Å². The van der Waals surface area contributed by atoms with Gasteiger partial charge < -0.3 is 10.4 Å². The molecule has 22 heavy (non-hydrogen) atoms. The van der Waals surface area contributed by atoms with Crippen molar-refractivity contribution in [3.05, 3.63) is 59.7 Å². The average molecular weight is 297 g/mol. The number of hydrogen-bond acceptors (Lipinski definition) is 2. The zero-order chi connectivity index (χ0) is 16.3. The molecule has 0 saturated carbocycles. The number of hydrogen-bond donors (Lipinski definition) is 2. The smallest absolute Gasteiger partial charge is 0.336 e. The topological polar surface area (TPSA) is 66.4 Å². The summed E-state index contributed by atoms with van der Waals surface area (Å²) in [5.74, 6) is -1.23. The number of carbonyl (C=O) groups excluding carboxylic acids is 1. The lowest BCUT2D eigenvalue weighted by Crippen LogP contribution is -2.40. The standard InChI is InChI=1S/C18H19NO3/c1-18(2,3)19-16(20)14-10-6-4-8-12(14)13-9-5-7-11-15(13)17(21)22/h4-11H,1-3H3,(H,19,20)(H,21,22). The third-order valence-corrected chi connectivity index (χ3v) is 3.11. The van der Waals surface area contributed by atoms with E-state index in [0.717, 1.165) is 0 Å². The second kappa shape index (κ2) is 6.02. The molecule has 2 aromatic carbocycles. The molecule has 2 aromatic rings. The SMILES string of the molecule is CC(C)(C)NC(=O)c1ccccc1-c1ccccc1C(=O)O. The van der Waals surface area contributed by atoms with Crippen LogP contribution < -0.4 is 5.32 Å². The molecule has 0 aliphatic heterocycles. The number of nitrogens with one attached hydrogen (secondary N) is 1. The maximum Gasteiger partial charge on any atom is 0.336 e. The summed E-state index contributed by atoms with van der Waals surface area (Å²) >= 11 is 0. The first kappa shape index (κ1) is 15.8. The minimum absolute atomic E-state index is 0.179. The zero-order valence-electron chi connectivity index (χ0n) is 12.9. The highest BCUT2D eigenvalue weighted by Gasteiger charge is 2.20. The lowest BCUT2D eigenvalue weighted by atomic mass is 9.94. The normalized spacial score (nSPS) is 11.0. The first-order valence-corrected chi connectivity index (χ1v) is 7.04. The van der Waals surface area contributed by atoms with E-state index in [1.54, 1.807) is 42.5 Å². The highest BCUT2D eigenvalue weighted by Crippen LogP contribution is 2.27. The molecule has 0 heterocycles. The van der Waals surface area contributed by atoms with Gasteiger partial charge in [-0.2, -0.15) is 0 Å². The van der Waals surface area contributed by atoms with Crippen LogP contribution in [0.15, 0.2) is 48.5 Å². The molecular formula is C18H19NO3. The molecule has 1 amide bonds.